The first-order valence-electron chi connectivity index (χ1n) is 6.58. The molecule has 0 spiro atoms. The van der Waals surface area contributed by atoms with E-state index >= 15 is 0 Å². The van der Waals surface area contributed by atoms with Crippen molar-refractivity contribution in [1.29, 1.82) is 0 Å². The quantitative estimate of drug-likeness (QED) is 0.614. The van der Waals surface area contributed by atoms with Gasteiger partial charge < -0.3 is 4.74 Å². The molecule has 0 N–H and O–H groups in total. The number of methoxy groups -OCH3 is 1. The predicted molar refractivity (Wildman–Crippen MR) is 75.0 cm³/mol. The van der Waals surface area contributed by atoms with Crippen LogP contribution in [-0.2, 0) is 4.74 Å². The van der Waals surface area contributed by atoms with Gasteiger partial charge in [-0.15, -0.1) is 6.42 Å². The first-order chi connectivity index (χ1) is 9.24. The van der Waals surface area contributed by atoms with Gasteiger partial charge in [-0.25, -0.2) is 4.79 Å². The number of hydrogen-bond donors (Lipinski definition) is 0. The lowest BCUT2D eigenvalue weighted by molar-refractivity contribution is 0.0600. The lowest BCUT2D eigenvalue weighted by Crippen LogP contribution is -2.33. The molecule has 100 valence electrons. The Hall–Kier alpha value is -1.79. The van der Waals surface area contributed by atoms with Gasteiger partial charge in [0, 0.05) is 0 Å². The summed E-state index contributed by atoms with van der Waals surface area (Å²) < 4.78 is 4.70. The Morgan fingerprint density at radius 3 is 2.53 bits per heavy atom. The van der Waals surface area contributed by atoms with Gasteiger partial charge in [-0.2, -0.15) is 0 Å². The average molecular weight is 257 g/mol. The predicted octanol–water partition coefficient (Wildman–Crippen LogP) is 2.29. The largest absolute Gasteiger partial charge is 0.465 e. The SMILES string of the molecule is C#CCN1CCC(c2ccc(C(=O)OC)cc2)CC1. The number of piperidine rings is 1. The topological polar surface area (TPSA) is 29.5 Å². The second-order valence-electron chi connectivity index (χ2n) is 4.87. The van der Waals surface area contributed by atoms with Crippen molar-refractivity contribution in [3.05, 3.63) is 35.4 Å². The van der Waals surface area contributed by atoms with E-state index in [0.29, 0.717) is 11.5 Å². The van der Waals surface area contributed by atoms with Crippen LogP contribution >= 0.6 is 0 Å². The van der Waals surface area contributed by atoms with Crippen LogP contribution in [0.25, 0.3) is 0 Å². The summed E-state index contributed by atoms with van der Waals surface area (Å²) in [5.41, 5.74) is 1.91. The molecule has 1 aliphatic rings. The van der Waals surface area contributed by atoms with Crippen molar-refractivity contribution in [2.24, 2.45) is 0 Å². The molecule has 1 aromatic rings. The van der Waals surface area contributed by atoms with E-state index in [2.05, 4.69) is 10.8 Å². The minimum atomic E-state index is -0.282. The summed E-state index contributed by atoms with van der Waals surface area (Å²) in [6, 6.07) is 7.76. The van der Waals surface area contributed by atoms with Crippen LogP contribution in [0.1, 0.15) is 34.7 Å². The van der Waals surface area contributed by atoms with Crippen LogP contribution in [0.4, 0.5) is 0 Å². The van der Waals surface area contributed by atoms with Crippen molar-refractivity contribution in [1.82, 2.24) is 4.90 Å². The number of nitrogens with zero attached hydrogens (tertiary/aromatic N) is 1. The maximum absolute atomic E-state index is 11.4. The third-order valence-electron chi connectivity index (χ3n) is 3.71. The highest BCUT2D eigenvalue weighted by Gasteiger charge is 2.20. The minimum absolute atomic E-state index is 0.282. The summed E-state index contributed by atoms with van der Waals surface area (Å²) in [5, 5.41) is 0. The second kappa shape index (κ2) is 6.40. The first-order valence-corrected chi connectivity index (χ1v) is 6.58. The summed E-state index contributed by atoms with van der Waals surface area (Å²) >= 11 is 0. The number of benzene rings is 1. The summed E-state index contributed by atoms with van der Waals surface area (Å²) in [4.78, 5) is 13.7. The summed E-state index contributed by atoms with van der Waals surface area (Å²) in [6.07, 6.45) is 7.58. The lowest BCUT2D eigenvalue weighted by Gasteiger charge is -2.30. The molecule has 1 heterocycles. The zero-order chi connectivity index (χ0) is 13.7. The van der Waals surface area contributed by atoms with Crippen LogP contribution in [0, 0.1) is 12.3 Å². The van der Waals surface area contributed by atoms with E-state index in [1.54, 1.807) is 0 Å². The van der Waals surface area contributed by atoms with E-state index in [-0.39, 0.29) is 5.97 Å². The van der Waals surface area contributed by atoms with E-state index < -0.39 is 0 Å². The zero-order valence-electron chi connectivity index (χ0n) is 11.3. The van der Waals surface area contributed by atoms with Gasteiger partial charge in [-0.05, 0) is 49.5 Å². The van der Waals surface area contributed by atoms with Gasteiger partial charge >= 0.3 is 5.97 Å². The molecule has 0 saturated carbocycles. The third kappa shape index (κ3) is 3.36. The van der Waals surface area contributed by atoms with Gasteiger partial charge in [0.2, 0.25) is 0 Å². The molecule has 1 aromatic carbocycles. The molecule has 3 heteroatoms. The Kier molecular flexibility index (Phi) is 4.59. The summed E-state index contributed by atoms with van der Waals surface area (Å²) in [5.74, 6) is 2.98. The Labute approximate surface area is 114 Å². The number of carbonyl (C=O) groups excluding carboxylic acids is 1. The Balaban J connectivity index is 1.97. The molecule has 2 rings (SSSR count). The summed E-state index contributed by atoms with van der Waals surface area (Å²) in [6.45, 7) is 2.84. The van der Waals surface area contributed by atoms with Gasteiger partial charge in [0.25, 0.3) is 0 Å². The molecule has 1 fully saturated rings. The normalized spacial score (nSPS) is 16.8. The van der Waals surface area contributed by atoms with Crippen molar-refractivity contribution in [2.45, 2.75) is 18.8 Å². The molecular weight excluding hydrogens is 238 g/mol. The van der Waals surface area contributed by atoms with Crippen molar-refractivity contribution < 1.29 is 9.53 Å². The van der Waals surface area contributed by atoms with E-state index in [9.17, 15) is 4.79 Å². The lowest BCUT2D eigenvalue weighted by atomic mass is 9.89. The van der Waals surface area contributed by atoms with E-state index in [1.807, 2.05) is 24.3 Å². The Morgan fingerprint density at radius 1 is 1.37 bits per heavy atom. The molecule has 0 bridgehead atoms. The molecule has 0 aromatic heterocycles. The molecule has 0 radical (unpaired) electrons. The molecule has 0 unspecified atom stereocenters. The molecule has 19 heavy (non-hydrogen) atoms. The number of ether oxygens (including phenoxy) is 1. The first kappa shape index (κ1) is 13.6. The number of likely N-dealkylation sites (tertiary alicyclic amines) is 1. The fraction of sp³-hybridized carbons (Fsp3) is 0.438. The van der Waals surface area contributed by atoms with Gasteiger partial charge in [0.15, 0.2) is 0 Å². The second-order valence-corrected chi connectivity index (χ2v) is 4.87. The van der Waals surface area contributed by atoms with Crippen molar-refractivity contribution >= 4 is 5.97 Å². The van der Waals surface area contributed by atoms with Crippen LogP contribution in [0.2, 0.25) is 0 Å². The van der Waals surface area contributed by atoms with Crippen molar-refractivity contribution in [3.63, 3.8) is 0 Å². The highest BCUT2D eigenvalue weighted by molar-refractivity contribution is 5.89. The van der Waals surface area contributed by atoms with Crippen LogP contribution in [0.3, 0.4) is 0 Å². The molecule has 3 nitrogen and oxygen atoms in total. The number of terminal acetylenes is 1. The van der Waals surface area contributed by atoms with E-state index in [1.165, 1.54) is 12.7 Å². The maximum atomic E-state index is 11.4. The molecule has 0 amide bonds. The maximum Gasteiger partial charge on any atom is 0.337 e. The standard InChI is InChI=1S/C16H19NO2/c1-3-10-17-11-8-14(9-12-17)13-4-6-15(7-5-13)16(18)19-2/h1,4-7,14H,8-12H2,2H3. The fourth-order valence-electron chi connectivity index (χ4n) is 2.56. The van der Waals surface area contributed by atoms with Gasteiger partial charge in [-0.1, -0.05) is 18.1 Å². The highest BCUT2D eigenvalue weighted by atomic mass is 16.5. The molecule has 0 aliphatic carbocycles. The smallest absolute Gasteiger partial charge is 0.337 e. The summed E-state index contributed by atoms with van der Waals surface area (Å²) in [7, 11) is 1.40. The Bertz CT molecular complexity index is 465. The van der Waals surface area contributed by atoms with Gasteiger partial charge in [-0.3, -0.25) is 4.90 Å². The van der Waals surface area contributed by atoms with Gasteiger partial charge in [0.1, 0.15) is 0 Å². The average Bonchev–Trinajstić information content (AvgIpc) is 2.48. The van der Waals surface area contributed by atoms with Gasteiger partial charge in [0.05, 0.1) is 19.2 Å². The van der Waals surface area contributed by atoms with Crippen LogP contribution in [-0.4, -0.2) is 37.6 Å². The molecule has 0 atom stereocenters. The Morgan fingerprint density at radius 2 is 2.00 bits per heavy atom. The molecular formula is C16H19NO2. The fourth-order valence-corrected chi connectivity index (χ4v) is 2.56. The number of hydrogen-bond acceptors (Lipinski definition) is 3. The van der Waals surface area contributed by atoms with Crippen LogP contribution in [0.15, 0.2) is 24.3 Å². The minimum Gasteiger partial charge on any atom is -0.465 e. The highest BCUT2D eigenvalue weighted by Crippen LogP contribution is 2.28. The van der Waals surface area contributed by atoms with E-state index in [0.717, 1.165) is 32.5 Å². The van der Waals surface area contributed by atoms with E-state index in [4.69, 9.17) is 11.2 Å². The van der Waals surface area contributed by atoms with Crippen molar-refractivity contribution in [3.8, 4) is 12.3 Å². The third-order valence-corrected chi connectivity index (χ3v) is 3.71. The van der Waals surface area contributed by atoms with Crippen LogP contribution in [0.5, 0.6) is 0 Å². The van der Waals surface area contributed by atoms with Crippen molar-refractivity contribution in [2.75, 3.05) is 26.7 Å². The molecule has 1 aliphatic heterocycles. The molecule has 1 saturated heterocycles. The van der Waals surface area contributed by atoms with Crippen LogP contribution < -0.4 is 0 Å². The number of esters is 1. The monoisotopic (exact) mass is 257 g/mol. The number of rotatable bonds is 3. The zero-order valence-corrected chi connectivity index (χ0v) is 11.3. The number of carbonyl (C=O) groups is 1.